The van der Waals surface area contributed by atoms with Crippen molar-refractivity contribution < 1.29 is 4.39 Å². The molecule has 0 aliphatic rings. The third kappa shape index (κ3) is 2.94. The van der Waals surface area contributed by atoms with Crippen molar-refractivity contribution in [3.8, 4) is 11.1 Å². The molecule has 4 nitrogen and oxygen atoms in total. The van der Waals surface area contributed by atoms with Crippen molar-refractivity contribution in [1.29, 1.82) is 0 Å². The van der Waals surface area contributed by atoms with Crippen molar-refractivity contribution in [2.45, 2.75) is 19.9 Å². The van der Waals surface area contributed by atoms with Gasteiger partial charge in [-0.15, -0.1) is 0 Å². The second-order valence-electron chi connectivity index (χ2n) is 5.27. The van der Waals surface area contributed by atoms with Gasteiger partial charge < -0.3 is 5.32 Å². The summed E-state index contributed by atoms with van der Waals surface area (Å²) < 4.78 is 14.4. The van der Waals surface area contributed by atoms with Crippen molar-refractivity contribution in [3.05, 3.63) is 46.5 Å². The standard InChI is InChI=1S/C16H13Cl2FN4/c1-8(2)22-15-12(11-9(17)4-3-5-10(11)19)13(18)14-16(23-15)21-7-6-20-14/h3-8H,1-2H3,(H,21,22,23). The van der Waals surface area contributed by atoms with Gasteiger partial charge in [-0.05, 0) is 26.0 Å². The minimum Gasteiger partial charge on any atom is -0.367 e. The molecule has 0 saturated carbocycles. The molecule has 0 amide bonds. The topological polar surface area (TPSA) is 50.7 Å². The molecular weight excluding hydrogens is 338 g/mol. The molecule has 0 bridgehead atoms. The maximum atomic E-state index is 14.4. The number of aromatic nitrogens is 3. The number of benzene rings is 1. The third-order valence-electron chi connectivity index (χ3n) is 3.20. The second kappa shape index (κ2) is 6.26. The average Bonchev–Trinajstić information content (AvgIpc) is 2.49. The summed E-state index contributed by atoms with van der Waals surface area (Å²) in [6.45, 7) is 3.90. The number of hydrogen-bond acceptors (Lipinski definition) is 4. The van der Waals surface area contributed by atoms with E-state index in [1.165, 1.54) is 18.5 Å². The summed E-state index contributed by atoms with van der Waals surface area (Å²) in [5.41, 5.74) is 1.37. The highest BCUT2D eigenvalue weighted by Crippen LogP contribution is 2.42. The lowest BCUT2D eigenvalue weighted by molar-refractivity contribution is 0.631. The Kier molecular flexibility index (Phi) is 4.33. The molecule has 0 radical (unpaired) electrons. The highest BCUT2D eigenvalue weighted by Gasteiger charge is 2.22. The highest BCUT2D eigenvalue weighted by molar-refractivity contribution is 6.40. The van der Waals surface area contributed by atoms with Gasteiger partial charge in [0.1, 0.15) is 17.2 Å². The van der Waals surface area contributed by atoms with E-state index in [1.807, 2.05) is 13.8 Å². The molecule has 0 unspecified atom stereocenters. The smallest absolute Gasteiger partial charge is 0.181 e. The first-order chi connectivity index (χ1) is 11.0. The van der Waals surface area contributed by atoms with Gasteiger partial charge in [0.05, 0.1) is 10.0 Å². The van der Waals surface area contributed by atoms with Crippen LogP contribution in [0.4, 0.5) is 10.2 Å². The Labute approximate surface area is 142 Å². The largest absolute Gasteiger partial charge is 0.367 e. The van der Waals surface area contributed by atoms with Crippen LogP contribution in [0.25, 0.3) is 22.3 Å². The Bertz CT molecular complexity index is 863. The number of nitrogens with one attached hydrogen (secondary N) is 1. The Morgan fingerprint density at radius 2 is 1.83 bits per heavy atom. The lowest BCUT2D eigenvalue weighted by atomic mass is 10.0. The Morgan fingerprint density at radius 3 is 2.52 bits per heavy atom. The molecular formula is C16H13Cl2FN4. The lowest BCUT2D eigenvalue weighted by Gasteiger charge is -2.17. The summed E-state index contributed by atoms with van der Waals surface area (Å²) in [5, 5.41) is 3.69. The molecule has 0 aliphatic heterocycles. The van der Waals surface area contributed by atoms with Crippen LogP contribution in [0, 0.1) is 5.82 Å². The van der Waals surface area contributed by atoms with Gasteiger partial charge in [0.15, 0.2) is 5.65 Å². The van der Waals surface area contributed by atoms with Crippen molar-refractivity contribution in [1.82, 2.24) is 15.0 Å². The molecule has 23 heavy (non-hydrogen) atoms. The number of rotatable bonds is 3. The van der Waals surface area contributed by atoms with Crippen LogP contribution in [0.2, 0.25) is 10.0 Å². The fraction of sp³-hybridized carbons (Fsp3) is 0.188. The molecule has 7 heteroatoms. The van der Waals surface area contributed by atoms with Crippen LogP contribution >= 0.6 is 23.2 Å². The molecule has 3 aromatic rings. The summed E-state index contributed by atoms with van der Waals surface area (Å²) in [6.07, 6.45) is 3.04. The molecule has 1 N–H and O–H groups in total. The van der Waals surface area contributed by atoms with Crippen LogP contribution in [0.1, 0.15) is 13.8 Å². The zero-order valence-electron chi connectivity index (χ0n) is 12.4. The summed E-state index contributed by atoms with van der Waals surface area (Å²) in [5.74, 6) is -0.0544. The van der Waals surface area contributed by atoms with Crippen LogP contribution in [0.15, 0.2) is 30.6 Å². The SMILES string of the molecule is CC(C)Nc1nc2nccnc2c(Cl)c1-c1c(F)cccc1Cl. The van der Waals surface area contributed by atoms with Gasteiger partial charge in [0.2, 0.25) is 0 Å². The number of hydrogen-bond donors (Lipinski definition) is 1. The van der Waals surface area contributed by atoms with Gasteiger partial charge in [-0.25, -0.2) is 19.3 Å². The van der Waals surface area contributed by atoms with E-state index < -0.39 is 5.82 Å². The molecule has 0 fully saturated rings. The first kappa shape index (κ1) is 15.9. The van der Waals surface area contributed by atoms with Crippen LogP contribution < -0.4 is 5.32 Å². The van der Waals surface area contributed by atoms with Gasteiger partial charge in [-0.3, -0.25) is 0 Å². The number of anilines is 1. The van der Waals surface area contributed by atoms with Gasteiger partial charge in [-0.2, -0.15) is 0 Å². The zero-order chi connectivity index (χ0) is 16.6. The van der Waals surface area contributed by atoms with Crippen LogP contribution in [0.5, 0.6) is 0 Å². The molecule has 3 rings (SSSR count). The fourth-order valence-electron chi connectivity index (χ4n) is 2.29. The molecule has 0 atom stereocenters. The van der Waals surface area contributed by atoms with Crippen molar-refractivity contribution >= 4 is 40.2 Å². The minimum atomic E-state index is -0.476. The van der Waals surface area contributed by atoms with Gasteiger partial charge in [0, 0.05) is 29.6 Å². The number of pyridine rings is 1. The fourth-order valence-corrected chi connectivity index (χ4v) is 2.87. The van der Waals surface area contributed by atoms with E-state index >= 15 is 0 Å². The van der Waals surface area contributed by atoms with Crippen molar-refractivity contribution in [2.75, 3.05) is 5.32 Å². The summed E-state index contributed by atoms with van der Waals surface area (Å²) in [6, 6.07) is 4.55. The Hall–Kier alpha value is -1.98. The number of nitrogens with zero attached hydrogens (tertiary/aromatic N) is 3. The van der Waals surface area contributed by atoms with Gasteiger partial charge >= 0.3 is 0 Å². The molecule has 0 saturated heterocycles. The monoisotopic (exact) mass is 350 g/mol. The molecule has 118 valence electrons. The van der Waals surface area contributed by atoms with Crippen LogP contribution in [-0.2, 0) is 0 Å². The van der Waals surface area contributed by atoms with E-state index in [-0.39, 0.29) is 21.7 Å². The maximum Gasteiger partial charge on any atom is 0.181 e. The van der Waals surface area contributed by atoms with Gasteiger partial charge in [-0.1, -0.05) is 29.3 Å². The van der Waals surface area contributed by atoms with E-state index in [2.05, 4.69) is 20.3 Å². The Balaban J connectivity index is 2.39. The van der Waals surface area contributed by atoms with Crippen molar-refractivity contribution in [3.63, 3.8) is 0 Å². The van der Waals surface area contributed by atoms with E-state index in [1.54, 1.807) is 12.1 Å². The maximum absolute atomic E-state index is 14.4. The predicted octanol–water partition coefficient (Wildman–Crippen LogP) is 4.96. The first-order valence-electron chi connectivity index (χ1n) is 7.00. The molecule has 1 aromatic carbocycles. The Morgan fingerprint density at radius 1 is 1.09 bits per heavy atom. The average molecular weight is 351 g/mol. The quantitative estimate of drug-likeness (QED) is 0.725. The summed E-state index contributed by atoms with van der Waals surface area (Å²) in [4.78, 5) is 12.8. The molecule has 2 heterocycles. The normalized spacial score (nSPS) is 11.2. The third-order valence-corrected chi connectivity index (χ3v) is 3.88. The molecule has 0 aliphatic carbocycles. The summed E-state index contributed by atoms with van der Waals surface area (Å²) in [7, 11) is 0. The highest BCUT2D eigenvalue weighted by atomic mass is 35.5. The van der Waals surface area contributed by atoms with Crippen LogP contribution in [-0.4, -0.2) is 21.0 Å². The van der Waals surface area contributed by atoms with Gasteiger partial charge in [0.25, 0.3) is 0 Å². The number of fused-ring (bicyclic) bond motifs is 1. The zero-order valence-corrected chi connectivity index (χ0v) is 14.0. The first-order valence-corrected chi connectivity index (χ1v) is 7.75. The predicted molar refractivity (Wildman–Crippen MR) is 91.5 cm³/mol. The van der Waals surface area contributed by atoms with E-state index in [0.717, 1.165) is 0 Å². The van der Waals surface area contributed by atoms with E-state index in [4.69, 9.17) is 23.2 Å². The van der Waals surface area contributed by atoms with E-state index in [0.29, 0.717) is 22.5 Å². The minimum absolute atomic E-state index is 0.0667. The van der Waals surface area contributed by atoms with Crippen molar-refractivity contribution in [2.24, 2.45) is 0 Å². The summed E-state index contributed by atoms with van der Waals surface area (Å²) >= 11 is 12.7. The van der Waals surface area contributed by atoms with Crippen LogP contribution in [0.3, 0.4) is 0 Å². The molecule has 2 aromatic heterocycles. The second-order valence-corrected chi connectivity index (χ2v) is 6.06. The van der Waals surface area contributed by atoms with E-state index in [9.17, 15) is 4.39 Å². The molecule has 0 spiro atoms. The lowest BCUT2D eigenvalue weighted by Crippen LogP contribution is -2.13. The number of halogens is 3.